The van der Waals surface area contributed by atoms with E-state index >= 15 is 0 Å². The molecule has 17 heavy (non-hydrogen) atoms. The number of hydrogen-bond acceptors (Lipinski definition) is 4. The lowest BCUT2D eigenvalue weighted by Gasteiger charge is -1.95. The molecule has 1 aliphatic carbocycles. The summed E-state index contributed by atoms with van der Waals surface area (Å²) >= 11 is 7.85. The molecule has 0 N–H and O–H groups in total. The molecule has 2 heterocycles. The molecule has 0 spiro atoms. The smallest absolute Gasteiger partial charge is 0.268 e. The molecule has 3 nitrogen and oxygen atoms in total. The summed E-state index contributed by atoms with van der Waals surface area (Å²) in [6, 6.07) is 2.18. The summed E-state index contributed by atoms with van der Waals surface area (Å²) in [4.78, 5) is 6.91. The SMILES string of the molecule is CCC(Cl)c1noc(-c2cc3c(s2)CCC3)n1. The number of halogens is 1. The summed E-state index contributed by atoms with van der Waals surface area (Å²) in [5.74, 6) is 1.20. The molecular weight excluding hydrogens is 256 g/mol. The minimum atomic E-state index is -0.153. The van der Waals surface area contributed by atoms with Gasteiger partial charge in [0.25, 0.3) is 5.89 Å². The van der Waals surface area contributed by atoms with Crippen molar-refractivity contribution in [1.82, 2.24) is 10.1 Å². The fraction of sp³-hybridized carbons (Fsp3) is 0.500. The van der Waals surface area contributed by atoms with Crippen molar-refractivity contribution < 1.29 is 4.52 Å². The highest BCUT2D eigenvalue weighted by atomic mass is 35.5. The molecule has 0 radical (unpaired) electrons. The molecule has 0 fully saturated rings. The molecule has 90 valence electrons. The van der Waals surface area contributed by atoms with Crippen molar-refractivity contribution in [2.75, 3.05) is 0 Å². The summed E-state index contributed by atoms with van der Waals surface area (Å²) in [5.41, 5.74) is 1.45. The van der Waals surface area contributed by atoms with E-state index in [0.717, 1.165) is 11.3 Å². The van der Waals surface area contributed by atoms with Gasteiger partial charge in [-0.05, 0) is 37.3 Å². The van der Waals surface area contributed by atoms with E-state index in [1.807, 2.05) is 6.92 Å². The highest BCUT2D eigenvalue weighted by molar-refractivity contribution is 7.15. The van der Waals surface area contributed by atoms with Gasteiger partial charge in [0.1, 0.15) is 0 Å². The lowest BCUT2D eigenvalue weighted by molar-refractivity contribution is 0.422. The average molecular weight is 269 g/mol. The van der Waals surface area contributed by atoms with Crippen LogP contribution in [0, 0.1) is 0 Å². The number of rotatable bonds is 3. The van der Waals surface area contributed by atoms with Gasteiger partial charge in [0.05, 0.1) is 10.3 Å². The molecule has 1 aliphatic rings. The maximum absolute atomic E-state index is 6.08. The van der Waals surface area contributed by atoms with Crippen LogP contribution in [0.3, 0.4) is 0 Å². The maximum Gasteiger partial charge on any atom is 0.268 e. The lowest BCUT2D eigenvalue weighted by atomic mass is 10.2. The topological polar surface area (TPSA) is 38.9 Å². The Labute approximate surface area is 109 Å². The van der Waals surface area contributed by atoms with Crippen LogP contribution in [0.2, 0.25) is 0 Å². The third-order valence-electron chi connectivity index (χ3n) is 3.04. The number of hydrogen-bond donors (Lipinski definition) is 0. The molecule has 5 heteroatoms. The summed E-state index contributed by atoms with van der Waals surface area (Å²) in [6.45, 7) is 2.01. The van der Waals surface area contributed by atoms with E-state index in [4.69, 9.17) is 16.1 Å². The Morgan fingerprint density at radius 2 is 2.41 bits per heavy atom. The standard InChI is InChI=1S/C12H13ClN2OS/c1-2-8(13)11-14-12(16-15-11)10-6-7-4-3-5-9(7)17-10/h6,8H,2-5H2,1H3. The van der Waals surface area contributed by atoms with Crippen molar-refractivity contribution in [3.63, 3.8) is 0 Å². The van der Waals surface area contributed by atoms with Gasteiger partial charge in [0, 0.05) is 4.88 Å². The van der Waals surface area contributed by atoms with Crippen molar-refractivity contribution in [2.24, 2.45) is 0 Å². The largest absolute Gasteiger partial charge is 0.333 e. The Morgan fingerprint density at radius 1 is 1.53 bits per heavy atom. The predicted octanol–water partition coefficient (Wildman–Crippen LogP) is 3.98. The Morgan fingerprint density at radius 3 is 3.18 bits per heavy atom. The summed E-state index contributed by atoms with van der Waals surface area (Å²) in [5, 5.41) is 3.78. The second-order valence-corrected chi connectivity index (χ2v) is 5.91. The fourth-order valence-corrected chi connectivity index (χ4v) is 3.34. The number of aryl methyl sites for hydroxylation is 2. The maximum atomic E-state index is 6.08. The molecule has 0 aromatic carbocycles. The van der Waals surface area contributed by atoms with E-state index in [1.54, 1.807) is 11.3 Å². The van der Waals surface area contributed by atoms with Crippen LogP contribution < -0.4 is 0 Å². The van der Waals surface area contributed by atoms with E-state index in [1.165, 1.54) is 29.7 Å². The van der Waals surface area contributed by atoms with E-state index in [0.29, 0.717) is 11.7 Å². The van der Waals surface area contributed by atoms with Crippen molar-refractivity contribution in [3.05, 3.63) is 22.3 Å². The third-order valence-corrected chi connectivity index (χ3v) is 4.77. The highest BCUT2D eigenvalue weighted by Crippen LogP contribution is 2.36. The number of aromatic nitrogens is 2. The summed E-state index contributed by atoms with van der Waals surface area (Å²) < 4.78 is 5.28. The minimum Gasteiger partial charge on any atom is -0.333 e. The second-order valence-electron chi connectivity index (χ2n) is 4.25. The van der Waals surface area contributed by atoms with Gasteiger partial charge >= 0.3 is 0 Å². The van der Waals surface area contributed by atoms with Crippen LogP contribution in [-0.2, 0) is 12.8 Å². The highest BCUT2D eigenvalue weighted by Gasteiger charge is 2.20. The van der Waals surface area contributed by atoms with Gasteiger partial charge in [-0.2, -0.15) is 4.98 Å². The van der Waals surface area contributed by atoms with Crippen LogP contribution in [0.25, 0.3) is 10.8 Å². The molecule has 2 aromatic heterocycles. The van der Waals surface area contributed by atoms with Crippen LogP contribution >= 0.6 is 22.9 Å². The lowest BCUT2D eigenvalue weighted by Crippen LogP contribution is -1.90. The van der Waals surface area contributed by atoms with Crippen molar-refractivity contribution >= 4 is 22.9 Å². The van der Waals surface area contributed by atoms with E-state index in [-0.39, 0.29) is 5.38 Å². The van der Waals surface area contributed by atoms with Crippen LogP contribution in [-0.4, -0.2) is 10.1 Å². The number of alkyl halides is 1. The van der Waals surface area contributed by atoms with E-state index < -0.39 is 0 Å². The van der Waals surface area contributed by atoms with E-state index in [9.17, 15) is 0 Å². The molecule has 0 saturated heterocycles. The van der Waals surface area contributed by atoms with Crippen molar-refractivity contribution in [1.29, 1.82) is 0 Å². The van der Waals surface area contributed by atoms with Gasteiger partial charge in [-0.3, -0.25) is 0 Å². The molecule has 0 aliphatic heterocycles. The normalized spacial score (nSPS) is 16.1. The Hall–Kier alpha value is -0.870. The van der Waals surface area contributed by atoms with Crippen LogP contribution in [0.5, 0.6) is 0 Å². The van der Waals surface area contributed by atoms with Gasteiger partial charge in [-0.15, -0.1) is 22.9 Å². The summed E-state index contributed by atoms with van der Waals surface area (Å²) in [7, 11) is 0. The van der Waals surface area contributed by atoms with Gasteiger partial charge < -0.3 is 4.52 Å². The molecule has 0 bridgehead atoms. The van der Waals surface area contributed by atoms with E-state index in [2.05, 4.69) is 16.2 Å². The molecule has 1 unspecified atom stereocenters. The molecule has 1 atom stereocenters. The fourth-order valence-electron chi connectivity index (χ4n) is 2.08. The molecule has 0 amide bonds. The molecule has 3 rings (SSSR count). The van der Waals surface area contributed by atoms with Gasteiger partial charge in [0.15, 0.2) is 5.82 Å². The Kier molecular flexibility index (Phi) is 2.92. The zero-order valence-corrected chi connectivity index (χ0v) is 11.1. The van der Waals surface area contributed by atoms with Gasteiger partial charge in [0.2, 0.25) is 0 Å². The quantitative estimate of drug-likeness (QED) is 0.791. The van der Waals surface area contributed by atoms with Crippen molar-refractivity contribution in [3.8, 4) is 10.8 Å². The number of fused-ring (bicyclic) bond motifs is 1. The number of nitrogens with zero attached hydrogens (tertiary/aromatic N) is 2. The first-order valence-corrected chi connectivity index (χ1v) is 7.13. The van der Waals surface area contributed by atoms with Crippen LogP contribution in [0.15, 0.2) is 10.6 Å². The predicted molar refractivity (Wildman–Crippen MR) is 68.5 cm³/mol. The minimum absolute atomic E-state index is 0.153. The van der Waals surface area contributed by atoms with Crippen LogP contribution in [0.4, 0.5) is 0 Å². The first-order chi connectivity index (χ1) is 8.28. The first kappa shape index (κ1) is 11.2. The summed E-state index contributed by atoms with van der Waals surface area (Å²) in [6.07, 6.45) is 4.45. The molecule has 2 aromatic rings. The Bertz CT molecular complexity index is 513. The molecular formula is C12H13ClN2OS. The van der Waals surface area contributed by atoms with Gasteiger partial charge in [-0.25, -0.2) is 0 Å². The van der Waals surface area contributed by atoms with Crippen LogP contribution in [0.1, 0.15) is 41.4 Å². The Balaban J connectivity index is 1.90. The monoisotopic (exact) mass is 268 g/mol. The second kappa shape index (κ2) is 4.42. The van der Waals surface area contributed by atoms with Gasteiger partial charge in [-0.1, -0.05) is 12.1 Å². The molecule has 0 saturated carbocycles. The number of thiophene rings is 1. The van der Waals surface area contributed by atoms with Crippen molar-refractivity contribution in [2.45, 2.75) is 38.0 Å². The average Bonchev–Trinajstić information content (AvgIpc) is 3.00. The zero-order chi connectivity index (χ0) is 11.8. The third kappa shape index (κ3) is 2.00. The first-order valence-electron chi connectivity index (χ1n) is 5.87. The zero-order valence-electron chi connectivity index (χ0n) is 9.57.